The Morgan fingerprint density at radius 3 is 2.40 bits per heavy atom. The van der Waals surface area contributed by atoms with Crippen molar-refractivity contribution in [2.45, 2.75) is 18.6 Å². The minimum absolute atomic E-state index is 0.0128. The monoisotopic (exact) mass is 290 g/mol. The predicted octanol–water partition coefficient (Wildman–Crippen LogP) is 1.69. The Morgan fingerprint density at radius 1 is 1.30 bits per heavy atom. The standard InChI is InChI=1S/C12H13F3N2O3/c1-11(16,12(13,14)15)10(19)17-8-5-3-4-7(6-8)9(18)20-2/h3-6H,16H2,1-2H3,(H,17,19). The van der Waals surface area contributed by atoms with Crippen molar-refractivity contribution in [3.05, 3.63) is 29.8 Å². The van der Waals surface area contributed by atoms with Gasteiger partial charge in [0.25, 0.3) is 5.91 Å². The highest BCUT2D eigenvalue weighted by atomic mass is 19.4. The van der Waals surface area contributed by atoms with Crippen LogP contribution in [0.2, 0.25) is 0 Å². The maximum atomic E-state index is 12.6. The number of anilines is 1. The van der Waals surface area contributed by atoms with E-state index >= 15 is 0 Å². The molecule has 1 aromatic rings. The Kier molecular flexibility index (Phi) is 4.39. The fourth-order valence-corrected chi connectivity index (χ4v) is 1.23. The van der Waals surface area contributed by atoms with Gasteiger partial charge < -0.3 is 15.8 Å². The van der Waals surface area contributed by atoms with Crippen LogP contribution < -0.4 is 11.1 Å². The molecule has 0 aliphatic heterocycles. The summed E-state index contributed by atoms with van der Waals surface area (Å²) >= 11 is 0. The lowest BCUT2D eigenvalue weighted by atomic mass is 10.0. The Hall–Kier alpha value is -2.09. The van der Waals surface area contributed by atoms with Gasteiger partial charge in [0, 0.05) is 5.69 Å². The molecule has 0 saturated heterocycles. The number of methoxy groups -OCH3 is 1. The van der Waals surface area contributed by atoms with Gasteiger partial charge in [0.15, 0.2) is 5.54 Å². The van der Waals surface area contributed by atoms with Crippen LogP contribution >= 0.6 is 0 Å². The number of hydrogen-bond donors (Lipinski definition) is 2. The van der Waals surface area contributed by atoms with Crippen molar-refractivity contribution in [3.63, 3.8) is 0 Å². The zero-order chi connectivity index (χ0) is 15.6. The quantitative estimate of drug-likeness (QED) is 0.830. The van der Waals surface area contributed by atoms with E-state index in [4.69, 9.17) is 5.73 Å². The van der Waals surface area contributed by atoms with Crippen LogP contribution in [0.4, 0.5) is 18.9 Å². The van der Waals surface area contributed by atoms with Crippen LogP contribution in [0.15, 0.2) is 24.3 Å². The number of esters is 1. The minimum Gasteiger partial charge on any atom is -0.465 e. The molecular formula is C12H13F3N2O3. The first kappa shape index (κ1) is 16.0. The van der Waals surface area contributed by atoms with Gasteiger partial charge in [0.2, 0.25) is 0 Å². The summed E-state index contributed by atoms with van der Waals surface area (Å²) in [6, 6.07) is 5.31. The summed E-state index contributed by atoms with van der Waals surface area (Å²) in [5.41, 5.74) is 2.05. The highest BCUT2D eigenvalue weighted by Gasteiger charge is 2.53. The lowest BCUT2D eigenvalue weighted by Gasteiger charge is -2.26. The lowest BCUT2D eigenvalue weighted by Crippen LogP contribution is -2.59. The lowest BCUT2D eigenvalue weighted by molar-refractivity contribution is -0.184. The van der Waals surface area contributed by atoms with E-state index in [1.807, 2.05) is 5.32 Å². The number of amides is 1. The van der Waals surface area contributed by atoms with Crippen molar-refractivity contribution < 1.29 is 27.5 Å². The van der Waals surface area contributed by atoms with Crippen molar-refractivity contribution in [3.8, 4) is 0 Å². The third-order valence-electron chi connectivity index (χ3n) is 2.60. The summed E-state index contributed by atoms with van der Waals surface area (Å²) in [6.45, 7) is 0.562. The summed E-state index contributed by atoms with van der Waals surface area (Å²) in [5.74, 6) is -2.10. The van der Waals surface area contributed by atoms with E-state index in [1.165, 1.54) is 24.3 Å². The highest BCUT2D eigenvalue weighted by Crippen LogP contribution is 2.29. The molecule has 3 N–H and O–H groups in total. The van der Waals surface area contributed by atoms with Crippen LogP contribution in [-0.2, 0) is 9.53 Å². The maximum Gasteiger partial charge on any atom is 0.415 e. The number of nitrogens with one attached hydrogen (secondary N) is 1. The Labute approximate surface area is 112 Å². The average Bonchev–Trinajstić information content (AvgIpc) is 2.36. The second-order valence-corrected chi connectivity index (χ2v) is 4.23. The number of rotatable bonds is 3. The molecule has 1 rings (SSSR count). The molecule has 1 amide bonds. The van der Waals surface area contributed by atoms with Crippen molar-refractivity contribution in [1.29, 1.82) is 0 Å². The number of hydrogen-bond acceptors (Lipinski definition) is 4. The summed E-state index contributed by atoms with van der Waals surface area (Å²) in [5, 5.41) is 2.02. The number of carbonyl (C=O) groups is 2. The summed E-state index contributed by atoms with van der Waals surface area (Å²) < 4.78 is 42.2. The molecule has 0 saturated carbocycles. The molecule has 0 fully saturated rings. The van der Waals surface area contributed by atoms with Gasteiger partial charge in [-0.05, 0) is 25.1 Å². The fraction of sp³-hybridized carbons (Fsp3) is 0.333. The first-order valence-corrected chi connectivity index (χ1v) is 5.45. The number of carbonyl (C=O) groups excluding carboxylic acids is 2. The molecule has 5 nitrogen and oxygen atoms in total. The molecule has 1 unspecified atom stereocenters. The largest absolute Gasteiger partial charge is 0.465 e. The Balaban J connectivity index is 2.95. The number of alkyl halides is 3. The van der Waals surface area contributed by atoms with Crippen LogP contribution in [0.1, 0.15) is 17.3 Å². The van der Waals surface area contributed by atoms with E-state index in [2.05, 4.69) is 4.74 Å². The normalized spacial score (nSPS) is 14.3. The topological polar surface area (TPSA) is 81.4 Å². The van der Waals surface area contributed by atoms with Crippen LogP contribution in [0.5, 0.6) is 0 Å². The average molecular weight is 290 g/mol. The molecule has 0 aliphatic rings. The van der Waals surface area contributed by atoms with Crippen molar-refractivity contribution in [2.75, 3.05) is 12.4 Å². The second kappa shape index (κ2) is 5.49. The number of benzene rings is 1. The summed E-state index contributed by atoms with van der Waals surface area (Å²) in [4.78, 5) is 22.8. The smallest absolute Gasteiger partial charge is 0.415 e. The van der Waals surface area contributed by atoms with Gasteiger partial charge in [-0.15, -0.1) is 0 Å². The third-order valence-corrected chi connectivity index (χ3v) is 2.60. The highest BCUT2D eigenvalue weighted by molar-refractivity contribution is 5.99. The van der Waals surface area contributed by atoms with Gasteiger partial charge >= 0.3 is 12.1 Å². The third kappa shape index (κ3) is 3.27. The number of ether oxygens (including phenoxy) is 1. The van der Waals surface area contributed by atoms with E-state index < -0.39 is 23.6 Å². The molecule has 1 aromatic carbocycles. The molecule has 0 heterocycles. The first-order chi connectivity index (χ1) is 9.09. The van der Waals surface area contributed by atoms with Gasteiger partial charge in [0.05, 0.1) is 12.7 Å². The molecular weight excluding hydrogens is 277 g/mol. The van der Waals surface area contributed by atoms with E-state index in [0.29, 0.717) is 6.92 Å². The van der Waals surface area contributed by atoms with E-state index in [1.54, 1.807) is 0 Å². The molecule has 1 atom stereocenters. The molecule has 110 valence electrons. The second-order valence-electron chi connectivity index (χ2n) is 4.23. The van der Waals surface area contributed by atoms with Gasteiger partial charge in [-0.1, -0.05) is 6.07 Å². The number of nitrogens with two attached hydrogens (primary N) is 1. The van der Waals surface area contributed by atoms with E-state index in [-0.39, 0.29) is 11.3 Å². The van der Waals surface area contributed by atoms with Crippen LogP contribution in [0.25, 0.3) is 0 Å². The molecule has 20 heavy (non-hydrogen) atoms. The summed E-state index contributed by atoms with van der Waals surface area (Å²) in [7, 11) is 1.16. The van der Waals surface area contributed by atoms with Gasteiger partial charge in [0.1, 0.15) is 0 Å². The maximum absolute atomic E-state index is 12.6. The van der Waals surface area contributed by atoms with Gasteiger partial charge in [-0.3, -0.25) is 4.79 Å². The SMILES string of the molecule is COC(=O)c1cccc(NC(=O)C(C)(N)C(F)(F)F)c1. The minimum atomic E-state index is -4.89. The van der Waals surface area contributed by atoms with Crippen LogP contribution in [-0.4, -0.2) is 30.7 Å². The Bertz CT molecular complexity index is 527. The zero-order valence-corrected chi connectivity index (χ0v) is 10.7. The van der Waals surface area contributed by atoms with Crippen molar-refractivity contribution in [2.24, 2.45) is 5.73 Å². The molecule has 0 aliphatic carbocycles. The van der Waals surface area contributed by atoms with Crippen LogP contribution in [0.3, 0.4) is 0 Å². The first-order valence-electron chi connectivity index (χ1n) is 5.45. The van der Waals surface area contributed by atoms with Crippen LogP contribution in [0, 0.1) is 0 Å². The molecule has 0 spiro atoms. The fourth-order valence-electron chi connectivity index (χ4n) is 1.23. The van der Waals surface area contributed by atoms with Gasteiger partial charge in [-0.25, -0.2) is 4.79 Å². The predicted molar refractivity (Wildman–Crippen MR) is 65.1 cm³/mol. The van der Waals surface area contributed by atoms with Gasteiger partial charge in [-0.2, -0.15) is 13.2 Å². The van der Waals surface area contributed by atoms with E-state index in [9.17, 15) is 22.8 Å². The molecule has 8 heteroatoms. The zero-order valence-electron chi connectivity index (χ0n) is 10.7. The molecule has 0 radical (unpaired) electrons. The summed E-state index contributed by atoms with van der Waals surface area (Å²) in [6.07, 6.45) is -4.89. The number of halogens is 3. The van der Waals surface area contributed by atoms with Crippen molar-refractivity contribution in [1.82, 2.24) is 0 Å². The molecule has 0 aromatic heterocycles. The van der Waals surface area contributed by atoms with E-state index in [0.717, 1.165) is 7.11 Å². The van der Waals surface area contributed by atoms with Crippen molar-refractivity contribution >= 4 is 17.6 Å². The molecule has 0 bridgehead atoms. The Morgan fingerprint density at radius 2 is 1.90 bits per heavy atom.